The first-order valence-electron chi connectivity index (χ1n) is 7.29. The predicted molar refractivity (Wildman–Crippen MR) is 77.3 cm³/mol. The smallest absolute Gasteiger partial charge is 0.119 e. The van der Waals surface area contributed by atoms with Crippen LogP contribution in [-0.2, 0) is 6.42 Å². The number of aliphatic hydroxyl groups is 1. The van der Waals surface area contributed by atoms with E-state index < -0.39 is 0 Å². The van der Waals surface area contributed by atoms with Crippen LogP contribution in [0, 0.1) is 5.92 Å². The number of ether oxygens (including phenoxy) is 1. The summed E-state index contributed by atoms with van der Waals surface area (Å²) in [7, 11) is 0. The molecule has 0 radical (unpaired) electrons. The van der Waals surface area contributed by atoms with Crippen LogP contribution < -0.4 is 10.5 Å². The van der Waals surface area contributed by atoms with E-state index in [9.17, 15) is 5.11 Å². The van der Waals surface area contributed by atoms with Crippen molar-refractivity contribution >= 4 is 0 Å². The van der Waals surface area contributed by atoms with Crippen LogP contribution in [-0.4, -0.2) is 23.9 Å². The number of hydrogen-bond donors (Lipinski definition) is 2. The number of aliphatic hydroxyl groups excluding tert-OH is 1. The van der Waals surface area contributed by atoms with Crippen LogP contribution in [0.15, 0.2) is 24.3 Å². The zero-order valence-corrected chi connectivity index (χ0v) is 11.8. The fraction of sp³-hybridized carbons (Fsp3) is 0.625. The molecule has 0 spiro atoms. The van der Waals surface area contributed by atoms with Crippen LogP contribution in [0.25, 0.3) is 0 Å². The van der Waals surface area contributed by atoms with Gasteiger partial charge in [0, 0.05) is 5.54 Å². The van der Waals surface area contributed by atoms with Crippen LogP contribution in [0.5, 0.6) is 5.75 Å². The van der Waals surface area contributed by atoms with E-state index in [0.717, 1.165) is 37.9 Å². The molecule has 2 rings (SSSR count). The van der Waals surface area contributed by atoms with Crippen molar-refractivity contribution in [3.05, 3.63) is 29.8 Å². The van der Waals surface area contributed by atoms with Crippen molar-refractivity contribution in [3.63, 3.8) is 0 Å². The SMILES string of the molecule is CCc1ccc(OCCC2CCCC2(N)CO)cc1. The third kappa shape index (κ3) is 3.48. The van der Waals surface area contributed by atoms with Crippen molar-refractivity contribution in [2.75, 3.05) is 13.2 Å². The lowest BCUT2D eigenvalue weighted by molar-refractivity contribution is 0.143. The van der Waals surface area contributed by atoms with Gasteiger partial charge < -0.3 is 15.6 Å². The maximum absolute atomic E-state index is 9.40. The summed E-state index contributed by atoms with van der Waals surface area (Å²) in [6.07, 6.45) is 5.13. The summed E-state index contributed by atoms with van der Waals surface area (Å²) in [5.74, 6) is 1.30. The molecule has 1 saturated carbocycles. The molecule has 3 nitrogen and oxygen atoms in total. The molecule has 0 aliphatic heterocycles. The third-order valence-electron chi connectivity index (χ3n) is 4.37. The minimum absolute atomic E-state index is 0.0862. The Morgan fingerprint density at radius 2 is 2.11 bits per heavy atom. The molecule has 1 aromatic carbocycles. The van der Waals surface area contributed by atoms with E-state index in [1.807, 2.05) is 12.1 Å². The summed E-state index contributed by atoms with van der Waals surface area (Å²) in [5, 5.41) is 9.40. The van der Waals surface area contributed by atoms with Crippen LogP contribution >= 0.6 is 0 Å². The minimum atomic E-state index is -0.380. The van der Waals surface area contributed by atoms with Crippen LogP contribution in [0.2, 0.25) is 0 Å². The number of aryl methyl sites for hydroxylation is 1. The van der Waals surface area contributed by atoms with Crippen molar-refractivity contribution in [2.45, 2.75) is 44.6 Å². The molecule has 2 atom stereocenters. The second kappa shape index (κ2) is 6.40. The second-order valence-corrected chi connectivity index (χ2v) is 5.62. The van der Waals surface area contributed by atoms with Crippen LogP contribution in [0.4, 0.5) is 0 Å². The highest BCUT2D eigenvalue weighted by Crippen LogP contribution is 2.35. The van der Waals surface area contributed by atoms with E-state index in [4.69, 9.17) is 10.5 Å². The Kier molecular flexibility index (Phi) is 4.83. The Balaban J connectivity index is 1.79. The first kappa shape index (κ1) is 14.4. The van der Waals surface area contributed by atoms with Gasteiger partial charge in [-0.2, -0.15) is 0 Å². The summed E-state index contributed by atoms with van der Waals surface area (Å²) in [5.41, 5.74) is 7.16. The van der Waals surface area contributed by atoms with Gasteiger partial charge in [-0.1, -0.05) is 25.5 Å². The molecular weight excluding hydrogens is 238 g/mol. The number of rotatable bonds is 6. The zero-order valence-electron chi connectivity index (χ0n) is 11.8. The highest BCUT2D eigenvalue weighted by molar-refractivity contribution is 5.27. The minimum Gasteiger partial charge on any atom is -0.494 e. The van der Waals surface area contributed by atoms with Gasteiger partial charge in [-0.05, 0) is 49.3 Å². The lowest BCUT2D eigenvalue weighted by atomic mass is 9.87. The molecule has 0 amide bonds. The van der Waals surface area contributed by atoms with Crippen LogP contribution in [0.3, 0.4) is 0 Å². The molecule has 19 heavy (non-hydrogen) atoms. The van der Waals surface area contributed by atoms with Crippen molar-refractivity contribution in [2.24, 2.45) is 11.7 Å². The second-order valence-electron chi connectivity index (χ2n) is 5.62. The predicted octanol–water partition coefficient (Wildman–Crippen LogP) is 2.51. The summed E-state index contributed by atoms with van der Waals surface area (Å²) >= 11 is 0. The van der Waals surface area contributed by atoms with E-state index in [-0.39, 0.29) is 12.1 Å². The van der Waals surface area contributed by atoms with E-state index >= 15 is 0 Å². The number of benzene rings is 1. The molecule has 1 aliphatic rings. The fourth-order valence-corrected chi connectivity index (χ4v) is 2.95. The number of nitrogens with two attached hydrogens (primary N) is 1. The van der Waals surface area contributed by atoms with E-state index in [1.165, 1.54) is 5.56 Å². The molecule has 1 fully saturated rings. The molecule has 106 valence electrons. The van der Waals surface area contributed by atoms with Crippen molar-refractivity contribution < 1.29 is 9.84 Å². The maximum atomic E-state index is 9.40. The average molecular weight is 263 g/mol. The Labute approximate surface area is 115 Å². The fourth-order valence-electron chi connectivity index (χ4n) is 2.95. The zero-order chi connectivity index (χ0) is 13.7. The molecule has 3 N–H and O–H groups in total. The van der Waals surface area contributed by atoms with E-state index in [2.05, 4.69) is 19.1 Å². The Hall–Kier alpha value is -1.06. The van der Waals surface area contributed by atoms with Crippen molar-refractivity contribution in [1.82, 2.24) is 0 Å². The monoisotopic (exact) mass is 263 g/mol. The van der Waals surface area contributed by atoms with Crippen molar-refractivity contribution in [1.29, 1.82) is 0 Å². The van der Waals surface area contributed by atoms with Gasteiger partial charge in [0.15, 0.2) is 0 Å². The lowest BCUT2D eigenvalue weighted by Crippen LogP contribution is -2.47. The molecule has 0 saturated heterocycles. The Morgan fingerprint density at radius 1 is 1.37 bits per heavy atom. The topological polar surface area (TPSA) is 55.5 Å². The Bertz CT molecular complexity index is 390. The lowest BCUT2D eigenvalue weighted by Gasteiger charge is -2.29. The quantitative estimate of drug-likeness (QED) is 0.829. The number of hydrogen-bond acceptors (Lipinski definition) is 3. The normalized spacial score (nSPS) is 26.6. The van der Waals surface area contributed by atoms with Crippen molar-refractivity contribution in [3.8, 4) is 5.75 Å². The molecular formula is C16H25NO2. The standard InChI is InChI=1S/C16H25NO2/c1-2-13-5-7-15(8-6-13)19-11-9-14-4-3-10-16(14,17)12-18/h5-8,14,18H,2-4,9-12,17H2,1H3. The van der Waals surface area contributed by atoms with Gasteiger partial charge in [-0.25, -0.2) is 0 Å². The molecule has 0 heterocycles. The third-order valence-corrected chi connectivity index (χ3v) is 4.37. The van der Waals surface area contributed by atoms with Gasteiger partial charge >= 0.3 is 0 Å². The molecule has 3 heteroatoms. The molecule has 1 aromatic rings. The first-order chi connectivity index (χ1) is 9.18. The van der Waals surface area contributed by atoms with Gasteiger partial charge in [-0.3, -0.25) is 0 Å². The summed E-state index contributed by atoms with van der Waals surface area (Å²) in [4.78, 5) is 0. The highest BCUT2D eigenvalue weighted by atomic mass is 16.5. The van der Waals surface area contributed by atoms with Gasteiger partial charge in [-0.15, -0.1) is 0 Å². The highest BCUT2D eigenvalue weighted by Gasteiger charge is 2.38. The van der Waals surface area contributed by atoms with Gasteiger partial charge in [0.2, 0.25) is 0 Å². The maximum Gasteiger partial charge on any atom is 0.119 e. The molecule has 0 bridgehead atoms. The largest absolute Gasteiger partial charge is 0.494 e. The van der Waals surface area contributed by atoms with Gasteiger partial charge in [0.05, 0.1) is 13.2 Å². The summed E-state index contributed by atoms with van der Waals surface area (Å²) in [6.45, 7) is 2.91. The first-order valence-corrected chi connectivity index (χ1v) is 7.29. The van der Waals surface area contributed by atoms with E-state index in [0.29, 0.717) is 12.5 Å². The average Bonchev–Trinajstić information content (AvgIpc) is 2.82. The summed E-state index contributed by atoms with van der Waals surface area (Å²) in [6, 6.07) is 8.25. The molecule has 2 unspecified atom stereocenters. The Morgan fingerprint density at radius 3 is 2.74 bits per heavy atom. The molecule has 0 aromatic heterocycles. The molecule has 1 aliphatic carbocycles. The van der Waals surface area contributed by atoms with Crippen LogP contribution in [0.1, 0.15) is 38.2 Å². The summed E-state index contributed by atoms with van der Waals surface area (Å²) < 4.78 is 5.77. The van der Waals surface area contributed by atoms with E-state index in [1.54, 1.807) is 0 Å². The van der Waals surface area contributed by atoms with Gasteiger partial charge in [0.1, 0.15) is 5.75 Å². The van der Waals surface area contributed by atoms with Gasteiger partial charge in [0.25, 0.3) is 0 Å².